The molecule has 3 rings (SSSR count). The molecule has 0 unspecified atom stereocenters. The van der Waals surface area contributed by atoms with Gasteiger partial charge in [-0.3, -0.25) is 12.9 Å². The minimum atomic E-state index is -2.48. The van der Waals surface area contributed by atoms with E-state index in [2.05, 4.69) is 12.9 Å². The van der Waals surface area contributed by atoms with Gasteiger partial charge in [0.15, 0.2) is 29.1 Å². The summed E-state index contributed by atoms with van der Waals surface area (Å²) in [5, 5.41) is -6.71. The molecule has 0 aliphatic heterocycles. The molecule has 3 aromatic carbocycles. The number of hydrogen-bond acceptors (Lipinski definition) is 0. The number of hydrogen-bond donors (Lipinski definition) is 0. The average Bonchev–Trinajstić information content (AvgIpc) is 2.57. The van der Waals surface area contributed by atoms with Crippen LogP contribution in [-0.4, -0.2) is 18.2 Å². The Morgan fingerprint density at radius 1 is 0.400 bits per heavy atom. The minimum Gasteiger partial charge on any atom is -0.296 e. The predicted octanol–water partition coefficient (Wildman–Crippen LogP) is 4.88. The van der Waals surface area contributed by atoms with Gasteiger partial charge < -0.3 is 0 Å². The first-order valence-corrected chi connectivity index (χ1v) is 10.9. The van der Waals surface area contributed by atoms with Crippen molar-refractivity contribution in [2.75, 3.05) is 0 Å². The molecule has 0 atom stereocenters. The Balaban J connectivity index is 2.79. The molecule has 0 saturated heterocycles. The Kier molecular flexibility index (Phi) is 4.61. The van der Waals surface area contributed by atoms with E-state index in [0.717, 1.165) is 0 Å². The average molecular weight is 443 g/mol. The Labute approximate surface area is 148 Å². The quantitative estimate of drug-likeness (QED) is 0.165. The molecule has 0 radical (unpaired) electrons. The van der Waals surface area contributed by atoms with Gasteiger partial charge in [0.2, 0.25) is 0 Å². The van der Waals surface area contributed by atoms with E-state index >= 15 is 0 Å². The highest BCUT2D eigenvalue weighted by Crippen LogP contribution is 2.38. The second kappa shape index (κ2) is 6.20. The van der Waals surface area contributed by atoms with E-state index in [0.29, 0.717) is 0 Å². The summed E-state index contributed by atoms with van der Waals surface area (Å²) in [7, 11) is 0. The van der Waals surface area contributed by atoms with Crippen molar-refractivity contribution in [2.24, 2.45) is 0 Å². The summed E-state index contributed by atoms with van der Waals surface area (Å²) in [6.07, 6.45) is 0. The molecule has 0 heterocycles. The maximum absolute atomic E-state index is 14.5. The largest absolute Gasteiger partial charge is 0.516 e. The molecule has 0 bridgehead atoms. The number of rotatable bonds is 1. The summed E-state index contributed by atoms with van der Waals surface area (Å²) in [5.41, 5.74) is 0. The fourth-order valence-corrected chi connectivity index (χ4v) is 4.58. The SMILES string of the molecule is Fc1c(F)c(F)c2c(F)c3c(F)[c]([Mg][Br])c(F)c(F)c3c(F)c2c1F. The van der Waals surface area contributed by atoms with Crippen molar-refractivity contribution >= 4 is 56.3 Å². The van der Waals surface area contributed by atoms with Crippen LogP contribution in [0.4, 0.5) is 39.5 Å². The third kappa shape index (κ3) is 2.35. The topological polar surface area (TPSA) is 0 Å². The first kappa shape index (κ1) is 18.6. The van der Waals surface area contributed by atoms with E-state index in [1.165, 1.54) is 0 Å². The van der Waals surface area contributed by atoms with Crippen LogP contribution in [0.2, 0.25) is 0 Å². The van der Waals surface area contributed by atoms with Crippen molar-refractivity contribution in [1.82, 2.24) is 0 Å². The molecule has 0 N–H and O–H groups in total. The Morgan fingerprint density at radius 2 is 0.720 bits per heavy atom. The summed E-state index contributed by atoms with van der Waals surface area (Å²) < 4.78 is 124. The van der Waals surface area contributed by atoms with Gasteiger partial charge >= 0.3 is 18.2 Å². The normalized spacial score (nSPS) is 11.4. The zero-order chi connectivity index (χ0) is 18.8. The third-order valence-electron chi connectivity index (χ3n) is 3.69. The van der Waals surface area contributed by atoms with Crippen molar-refractivity contribution in [3.05, 3.63) is 52.4 Å². The van der Waals surface area contributed by atoms with Gasteiger partial charge in [-0.1, -0.05) is 3.69 Å². The molecule has 0 spiro atoms. The summed E-state index contributed by atoms with van der Waals surface area (Å²) in [6.45, 7) is 0. The molecule has 3 aromatic rings. The van der Waals surface area contributed by atoms with Gasteiger partial charge in [-0.15, -0.1) is 0 Å². The van der Waals surface area contributed by atoms with Crippen molar-refractivity contribution in [1.29, 1.82) is 0 Å². The maximum atomic E-state index is 14.5. The molecular formula is C14BrF9Mg. The zero-order valence-electron chi connectivity index (χ0n) is 11.5. The second-order valence-corrected chi connectivity index (χ2v) is 7.59. The highest BCUT2D eigenvalue weighted by atomic mass is 79.9. The summed E-state index contributed by atoms with van der Waals surface area (Å²) in [5.74, 6) is -19.5. The third-order valence-corrected chi connectivity index (χ3v) is 6.26. The van der Waals surface area contributed by atoms with Crippen LogP contribution in [0.15, 0.2) is 0 Å². The number of benzene rings is 3. The number of fused-ring (bicyclic) bond motifs is 2. The van der Waals surface area contributed by atoms with E-state index < -0.39 is 95.8 Å². The fourth-order valence-electron chi connectivity index (χ4n) is 2.53. The number of halogens is 10. The fraction of sp³-hybridized carbons (Fsp3) is 0. The second-order valence-electron chi connectivity index (χ2n) is 4.94. The van der Waals surface area contributed by atoms with Gasteiger partial charge in [-0.2, -0.15) is 0 Å². The highest BCUT2D eigenvalue weighted by Gasteiger charge is 2.32. The van der Waals surface area contributed by atoms with E-state index in [-0.39, 0.29) is 0 Å². The maximum Gasteiger partial charge on any atom is 0.516 e. The molecular weight excluding hydrogens is 443 g/mol. The molecule has 0 amide bonds. The molecule has 0 aliphatic carbocycles. The lowest BCUT2D eigenvalue weighted by molar-refractivity contribution is 0.414. The van der Waals surface area contributed by atoms with Crippen LogP contribution in [0, 0.1) is 52.4 Å². The van der Waals surface area contributed by atoms with Crippen LogP contribution < -0.4 is 3.69 Å². The van der Waals surface area contributed by atoms with E-state index in [1.54, 1.807) is 0 Å². The van der Waals surface area contributed by atoms with Crippen LogP contribution >= 0.6 is 12.9 Å². The highest BCUT2D eigenvalue weighted by molar-refractivity contribution is 9.23. The van der Waals surface area contributed by atoms with Crippen LogP contribution in [0.1, 0.15) is 0 Å². The van der Waals surface area contributed by atoms with Crippen molar-refractivity contribution < 1.29 is 39.5 Å². The lowest BCUT2D eigenvalue weighted by atomic mass is 9.99. The Morgan fingerprint density at radius 3 is 1.08 bits per heavy atom. The summed E-state index contributed by atoms with van der Waals surface area (Å²) in [4.78, 5) is 0. The van der Waals surface area contributed by atoms with E-state index in [1.807, 2.05) is 0 Å². The molecule has 11 heteroatoms. The molecule has 0 fully saturated rings. The van der Waals surface area contributed by atoms with Crippen LogP contribution in [0.3, 0.4) is 0 Å². The smallest absolute Gasteiger partial charge is 0.296 e. The summed E-state index contributed by atoms with van der Waals surface area (Å²) in [6, 6.07) is 0. The molecule has 0 nitrogen and oxygen atoms in total. The van der Waals surface area contributed by atoms with Gasteiger partial charge in [-0.05, 0) is 0 Å². The lowest BCUT2D eigenvalue weighted by Crippen LogP contribution is -2.22. The van der Waals surface area contributed by atoms with Gasteiger partial charge in [0, 0.05) is 0 Å². The van der Waals surface area contributed by atoms with Crippen LogP contribution in [0.25, 0.3) is 21.5 Å². The summed E-state index contributed by atoms with van der Waals surface area (Å²) >= 11 is 0.795. The van der Waals surface area contributed by atoms with Crippen molar-refractivity contribution in [3.8, 4) is 0 Å². The molecule has 0 aliphatic rings. The standard InChI is InChI=1S/C14F9.BrH.Mg/c15-2-1-3(16)8(17)5-4(2)9(18)6-7(10(5)19)12(21)14(23)13(22)11(6)20;;/h;1H;/q;;+1/p-1. The van der Waals surface area contributed by atoms with E-state index in [9.17, 15) is 39.5 Å². The van der Waals surface area contributed by atoms with Gasteiger partial charge in [0.1, 0.15) is 23.3 Å². The molecule has 0 aromatic heterocycles. The van der Waals surface area contributed by atoms with Crippen molar-refractivity contribution in [3.63, 3.8) is 0 Å². The van der Waals surface area contributed by atoms with Gasteiger partial charge in [0.25, 0.3) is 0 Å². The molecule has 128 valence electrons. The molecule has 0 saturated carbocycles. The predicted molar refractivity (Wildman–Crippen MR) is 75.4 cm³/mol. The first-order chi connectivity index (χ1) is 11.6. The van der Waals surface area contributed by atoms with Gasteiger partial charge in [-0.25, -0.2) is 39.5 Å². The van der Waals surface area contributed by atoms with Crippen LogP contribution in [-0.2, 0) is 0 Å². The molecule has 25 heavy (non-hydrogen) atoms. The zero-order valence-corrected chi connectivity index (χ0v) is 14.5. The van der Waals surface area contributed by atoms with E-state index in [4.69, 9.17) is 0 Å². The minimum absolute atomic E-state index is 0.911. The Hall–Kier alpha value is -1.20. The monoisotopic (exact) mass is 442 g/mol. The van der Waals surface area contributed by atoms with Gasteiger partial charge in [0.05, 0.1) is 21.5 Å². The lowest BCUT2D eigenvalue weighted by Gasteiger charge is -2.14. The Bertz CT molecular complexity index is 1080. The first-order valence-electron chi connectivity index (χ1n) is 6.32. The van der Waals surface area contributed by atoms with Crippen LogP contribution in [0.5, 0.6) is 0 Å². The van der Waals surface area contributed by atoms with Crippen molar-refractivity contribution in [2.45, 2.75) is 0 Å².